The summed E-state index contributed by atoms with van der Waals surface area (Å²) in [4.78, 5) is 12.1. The zero-order chi connectivity index (χ0) is 12.3. The molecule has 1 aromatic rings. The summed E-state index contributed by atoms with van der Waals surface area (Å²) in [5.41, 5.74) is 0.700. The highest BCUT2D eigenvalue weighted by atomic mass is 79.9. The SMILES string of the molecule is O=C(NC1CCSCC1)c1ccc(Br)cc1Br. The second kappa shape index (κ2) is 6.25. The van der Waals surface area contributed by atoms with Crippen molar-refractivity contribution in [2.45, 2.75) is 18.9 Å². The first-order valence-corrected chi connectivity index (χ1v) is 8.24. The molecule has 1 fully saturated rings. The number of carbonyl (C=O) groups excluding carboxylic acids is 1. The van der Waals surface area contributed by atoms with Gasteiger partial charge in [-0.3, -0.25) is 4.79 Å². The van der Waals surface area contributed by atoms with E-state index in [0.717, 1.165) is 33.3 Å². The Morgan fingerprint density at radius 3 is 2.65 bits per heavy atom. The van der Waals surface area contributed by atoms with Gasteiger partial charge in [-0.1, -0.05) is 15.9 Å². The Labute approximate surface area is 122 Å². The van der Waals surface area contributed by atoms with E-state index >= 15 is 0 Å². The lowest BCUT2D eigenvalue weighted by atomic mass is 10.1. The molecule has 2 rings (SSSR count). The summed E-state index contributed by atoms with van der Waals surface area (Å²) < 4.78 is 1.80. The van der Waals surface area contributed by atoms with Crippen LogP contribution in [0.2, 0.25) is 0 Å². The molecule has 0 saturated carbocycles. The number of hydrogen-bond acceptors (Lipinski definition) is 2. The van der Waals surface area contributed by atoms with Crippen LogP contribution in [0.5, 0.6) is 0 Å². The third kappa shape index (κ3) is 3.73. The molecule has 0 radical (unpaired) electrons. The Hall–Kier alpha value is -0.000000000000000111. The normalized spacial score (nSPS) is 16.8. The maximum atomic E-state index is 12.1. The first-order valence-electron chi connectivity index (χ1n) is 5.50. The zero-order valence-electron chi connectivity index (χ0n) is 9.21. The largest absolute Gasteiger partial charge is 0.349 e. The molecule has 92 valence electrons. The third-order valence-corrected chi connectivity index (χ3v) is 4.93. The predicted molar refractivity (Wildman–Crippen MR) is 79.7 cm³/mol. The minimum absolute atomic E-state index is 0.0151. The molecule has 0 atom stereocenters. The van der Waals surface area contributed by atoms with Gasteiger partial charge < -0.3 is 5.32 Å². The first-order chi connectivity index (χ1) is 8.16. The number of nitrogens with one attached hydrogen (secondary N) is 1. The van der Waals surface area contributed by atoms with E-state index in [2.05, 4.69) is 37.2 Å². The van der Waals surface area contributed by atoms with Crippen LogP contribution in [0, 0.1) is 0 Å². The number of amides is 1. The molecule has 17 heavy (non-hydrogen) atoms. The first kappa shape index (κ1) is 13.4. The quantitative estimate of drug-likeness (QED) is 0.847. The van der Waals surface area contributed by atoms with Gasteiger partial charge >= 0.3 is 0 Å². The van der Waals surface area contributed by atoms with E-state index in [-0.39, 0.29) is 5.91 Å². The van der Waals surface area contributed by atoms with Gasteiger partial charge in [0.15, 0.2) is 0 Å². The van der Waals surface area contributed by atoms with Gasteiger partial charge in [0, 0.05) is 15.0 Å². The van der Waals surface area contributed by atoms with Crippen LogP contribution in [0.15, 0.2) is 27.1 Å². The highest BCUT2D eigenvalue weighted by Gasteiger charge is 2.18. The van der Waals surface area contributed by atoms with E-state index in [1.165, 1.54) is 0 Å². The second-order valence-corrected chi connectivity index (χ2v) is 6.98. The Morgan fingerprint density at radius 2 is 2.00 bits per heavy atom. The molecule has 0 unspecified atom stereocenters. The van der Waals surface area contributed by atoms with Crippen LogP contribution in [0.1, 0.15) is 23.2 Å². The van der Waals surface area contributed by atoms with Crippen molar-refractivity contribution in [2.75, 3.05) is 11.5 Å². The summed E-state index contributed by atoms with van der Waals surface area (Å²) in [6.45, 7) is 0. The molecule has 0 aromatic heterocycles. The monoisotopic (exact) mass is 377 g/mol. The summed E-state index contributed by atoms with van der Waals surface area (Å²) in [6.07, 6.45) is 2.15. The number of hydrogen-bond donors (Lipinski definition) is 1. The number of rotatable bonds is 2. The highest BCUT2D eigenvalue weighted by molar-refractivity contribution is 9.11. The van der Waals surface area contributed by atoms with Gasteiger partial charge in [0.25, 0.3) is 5.91 Å². The van der Waals surface area contributed by atoms with Crippen LogP contribution in [0.3, 0.4) is 0 Å². The van der Waals surface area contributed by atoms with Crippen LogP contribution in [0.4, 0.5) is 0 Å². The van der Waals surface area contributed by atoms with E-state index in [1.807, 2.05) is 30.0 Å². The Kier molecular flexibility index (Phi) is 4.94. The molecular weight excluding hydrogens is 366 g/mol. The van der Waals surface area contributed by atoms with Crippen LogP contribution in [0.25, 0.3) is 0 Å². The fourth-order valence-corrected chi connectivity index (χ4v) is 4.11. The molecular formula is C12H13Br2NOS. The van der Waals surface area contributed by atoms with Crippen LogP contribution >= 0.6 is 43.6 Å². The van der Waals surface area contributed by atoms with Crippen LogP contribution in [-0.2, 0) is 0 Å². The maximum absolute atomic E-state index is 12.1. The van der Waals surface area contributed by atoms with Crippen molar-refractivity contribution in [1.82, 2.24) is 5.32 Å². The van der Waals surface area contributed by atoms with E-state index in [9.17, 15) is 4.79 Å². The molecule has 0 aliphatic carbocycles. The fourth-order valence-electron chi connectivity index (χ4n) is 1.78. The average molecular weight is 379 g/mol. The summed E-state index contributed by atoms with van der Waals surface area (Å²) in [5, 5.41) is 3.10. The molecule has 1 amide bonds. The van der Waals surface area contributed by atoms with Crippen molar-refractivity contribution >= 4 is 49.5 Å². The zero-order valence-corrected chi connectivity index (χ0v) is 13.2. The van der Waals surface area contributed by atoms with Crippen molar-refractivity contribution in [3.05, 3.63) is 32.7 Å². The number of halogens is 2. The maximum Gasteiger partial charge on any atom is 0.252 e. The van der Waals surface area contributed by atoms with E-state index in [1.54, 1.807) is 0 Å². The third-order valence-electron chi connectivity index (χ3n) is 2.73. The van der Waals surface area contributed by atoms with Crippen LogP contribution in [-0.4, -0.2) is 23.5 Å². The van der Waals surface area contributed by atoms with Gasteiger partial charge in [0.1, 0.15) is 0 Å². The summed E-state index contributed by atoms with van der Waals surface area (Å²) in [7, 11) is 0. The fraction of sp³-hybridized carbons (Fsp3) is 0.417. The predicted octanol–water partition coefficient (Wildman–Crippen LogP) is 3.84. The molecule has 0 spiro atoms. The number of thioether (sulfide) groups is 1. The van der Waals surface area contributed by atoms with Gasteiger partial charge in [-0.25, -0.2) is 0 Å². The minimum atomic E-state index is 0.0151. The Morgan fingerprint density at radius 1 is 1.29 bits per heavy atom. The van der Waals surface area contributed by atoms with E-state index in [0.29, 0.717) is 11.6 Å². The molecule has 1 N–H and O–H groups in total. The lowest BCUT2D eigenvalue weighted by Crippen LogP contribution is -2.37. The van der Waals surface area contributed by atoms with E-state index in [4.69, 9.17) is 0 Å². The summed E-state index contributed by atoms with van der Waals surface area (Å²) >= 11 is 8.76. The topological polar surface area (TPSA) is 29.1 Å². The van der Waals surface area contributed by atoms with Gasteiger partial charge in [0.05, 0.1) is 5.56 Å². The van der Waals surface area contributed by atoms with Crippen molar-refractivity contribution in [1.29, 1.82) is 0 Å². The standard InChI is InChI=1S/C12H13Br2NOS/c13-8-1-2-10(11(14)7-8)12(16)15-9-3-5-17-6-4-9/h1-2,7,9H,3-6H2,(H,15,16). The van der Waals surface area contributed by atoms with Gasteiger partial charge in [-0.2, -0.15) is 11.8 Å². The molecule has 1 saturated heterocycles. The Bertz CT molecular complexity index is 419. The molecule has 1 heterocycles. The average Bonchev–Trinajstić information content (AvgIpc) is 2.30. The smallest absolute Gasteiger partial charge is 0.252 e. The molecule has 1 aliphatic heterocycles. The lowest BCUT2D eigenvalue weighted by Gasteiger charge is -2.22. The molecule has 1 aromatic carbocycles. The van der Waals surface area contributed by atoms with Crippen molar-refractivity contribution in [3.8, 4) is 0 Å². The molecule has 5 heteroatoms. The Balaban J connectivity index is 2.03. The van der Waals surface area contributed by atoms with Crippen molar-refractivity contribution in [2.24, 2.45) is 0 Å². The van der Waals surface area contributed by atoms with Crippen LogP contribution < -0.4 is 5.32 Å². The highest BCUT2D eigenvalue weighted by Crippen LogP contribution is 2.23. The van der Waals surface area contributed by atoms with Gasteiger partial charge in [0.2, 0.25) is 0 Å². The van der Waals surface area contributed by atoms with E-state index < -0.39 is 0 Å². The lowest BCUT2D eigenvalue weighted by molar-refractivity contribution is 0.0934. The molecule has 1 aliphatic rings. The van der Waals surface area contributed by atoms with Gasteiger partial charge in [-0.15, -0.1) is 0 Å². The van der Waals surface area contributed by atoms with Gasteiger partial charge in [-0.05, 0) is 58.5 Å². The molecule has 0 bridgehead atoms. The summed E-state index contributed by atoms with van der Waals surface area (Å²) in [5.74, 6) is 2.31. The second-order valence-electron chi connectivity index (χ2n) is 3.98. The number of benzene rings is 1. The summed E-state index contributed by atoms with van der Waals surface area (Å²) in [6, 6.07) is 5.95. The van der Waals surface area contributed by atoms with Crippen molar-refractivity contribution < 1.29 is 4.79 Å². The molecule has 2 nitrogen and oxygen atoms in total. The minimum Gasteiger partial charge on any atom is -0.349 e. The van der Waals surface area contributed by atoms with Crippen molar-refractivity contribution in [3.63, 3.8) is 0 Å². The number of carbonyl (C=O) groups is 1.